The molecule has 0 aromatic rings. The van der Waals surface area contributed by atoms with E-state index in [1.807, 2.05) is 0 Å². The fourth-order valence-corrected chi connectivity index (χ4v) is 2.81. The van der Waals surface area contributed by atoms with Gasteiger partial charge in [-0.1, -0.05) is 0 Å². The van der Waals surface area contributed by atoms with Gasteiger partial charge in [-0.2, -0.15) is 0 Å². The van der Waals surface area contributed by atoms with Crippen LogP contribution < -0.4 is 9.44 Å². The van der Waals surface area contributed by atoms with E-state index in [1.54, 1.807) is 0 Å². The van der Waals surface area contributed by atoms with E-state index in [0.717, 1.165) is 6.92 Å². The molecule has 0 spiro atoms. The van der Waals surface area contributed by atoms with Gasteiger partial charge in [-0.25, -0.2) is 16.8 Å². The SMILES string of the molecule is CC(S(=O)(=O)NC=O)S(=O)(=O)NC=O. The summed E-state index contributed by atoms with van der Waals surface area (Å²) >= 11 is 0. The first kappa shape index (κ1) is 12.8. The van der Waals surface area contributed by atoms with Crippen molar-refractivity contribution in [1.82, 2.24) is 9.44 Å². The first-order valence-electron chi connectivity index (χ1n) is 3.17. The third-order valence-corrected chi connectivity index (χ3v) is 5.42. The van der Waals surface area contributed by atoms with E-state index in [0.29, 0.717) is 0 Å². The van der Waals surface area contributed by atoms with Gasteiger partial charge in [0.1, 0.15) is 0 Å². The Bertz CT molecular complexity index is 369. The molecule has 82 valence electrons. The lowest BCUT2D eigenvalue weighted by Gasteiger charge is -2.10. The van der Waals surface area contributed by atoms with Crippen LogP contribution in [0.2, 0.25) is 0 Å². The van der Waals surface area contributed by atoms with Crippen LogP contribution in [-0.2, 0) is 29.6 Å². The van der Waals surface area contributed by atoms with Gasteiger partial charge in [-0.05, 0) is 6.92 Å². The van der Waals surface area contributed by atoms with Crippen molar-refractivity contribution < 1.29 is 26.4 Å². The van der Waals surface area contributed by atoms with Crippen molar-refractivity contribution >= 4 is 32.9 Å². The van der Waals surface area contributed by atoms with Crippen molar-refractivity contribution in [3.05, 3.63) is 0 Å². The molecule has 8 nitrogen and oxygen atoms in total. The minimum atomic E-state index is -4.32. The maximum atomic E-state index is 11.0. The molecule has 0 unspecified atom stereocenters. The van der Waals surface area contributed by atoms with Crippen LogP contribution in [-0.4, -0.2) is 34.2 Å². The van der Waals surface area contributed by atoms with Gasteiger partial charge in [-0.3, -0.25) is 19.0 Å². The number of rotatable bonds is 6. The summed E-state index contributed by atoms with van der Waals surface area (Å²) in [6.45, 7) is 0.817. The van der Waals surface area contributed by atoms with Crippen molar-refractivity contribution in [3.63, 3.8) is 0 Å². The second kappa shape index (κ2) is 4.37. The lowest BCUT2D eigenvalue weighted by Crippen LogP contribution is -2.42. The molecule has 2 N–H and O–H groups in total. The smallest absolute Gasteiger partial charge is 0.253 e. The molecular weight excluding hydrogens is 236 g/mol. The van der Waals surface area contributed by atoms with Gasteiger partial charge in [0.15, 0.2) is 4.58 Å². The summed E-state index contributed by atoms with van der Waals surface area (Å²) in [5.41, 5.74) is 0. The van der Waals surface area contributed by atoms with E-state index >= 15 is 0 Å². The maximum Gasteiger partial charge on any atom is 0.253 e. The quantitative estimate of drug-likeness (QED) is 0.497. The summed E-state index contributed by atoms with van der Waals surface area (Å²) in [5.74, 6) is 0. The fraction of sp³-hybridized carbons (Fsp3) is 0.500. The van der Waals surface area contributed by atoms with Crippen LogP contribution in [0.3, 0.4) is 0 Å². The van der Waals surface area contributed by atoms with Crippen LogP contribution in [0.25, 0.3) is 0 Å². The summed E-state index contributed by atoms with van der Waals surface area (Å²) in [6.07, 6.45) is -0.329. The van der Waals surface area contributed by atoms with E-state index in [4.69, 9.17) is 0 Å². The molecule has 0 aliphatic heterocycles. The van der Waals surface area contributed by atoms with Crippen LogP contribution in [0.4, 0.5) is 0 Å². The Morgan fingerprint density at radius 3 is 1.43 bits per heavy atom. The van der Waals surface area contributed by atoms with Crippen molar-refractivity contribution in [2.24, 2.45) is 0 Å². The molecule has 0 aliphatic carbocycles. The first-order valence-corrected chi connectivity index (χ1v) is 6.27. The minimum absolute atomic E-state index is 0.164. The van der Waals surface area contributed by atoms with Crippen LogP contribution in [0.1, 0.15) is 6.92 Å². The van der Waals surface area contributed by atoms with Crippen molar-refractivity contribution in [2.45, 2.75) is 11.5 Å². The number of carbonyl (C=O) groups excluding carboxylic acids is 2. The predicted octanol–water partition coefficient (Wildman–Crippen LogP) is -2.52. The van der Waals surface area contributed by atoms with E-state index in [1.165, 1.54) is 9.44 Å². The van der Waals surface area contributed by atoms with Gasteiger partial charge in [-0.15, -0.1) is 0 Å². The van der Waals surface area contributed by atoms with Gasteiger partial charge < -0.3 is 0 Å². The number of nitrogens with one attached hydrogen (secondary N) is 2. The van der Waals surface area contributed by atoms with E-state index in [9.17, 15) is 26.4 Å². The highest BCUT2D eigenvalue weighted by atomic mass is 32.3. The number of sulfonamides is 2. The maximum absolute atomic E-state index is 11.0. The molecule has 0 aliphatic rings. The second-order valence-corrected chi connectivity index (χ2v) is 6.49. The number of hydrogen-bond donors (Lipinski definition) is 2. The average Bonchev–Trinajstić information content (AvgIpc) is 2.02. The molecule has 0 saturated heterocycles. The Morgan fingerprint density at radius 2 is 1.21 bits per heavy atom. The normalized spacial score (nSPS) is 12.1. The van der Waals surface area contributed by atoms with Gasteiger partial charge in [0.05, 0.1) is 0 Å². The number of amides is 2. The molecule has 0 bridgehead atoms. The van der Waals surface area contributed by atoms with Gasteiger partial charge in [0.25, 0.3) is 20.0 Å². The number of hydrogen-bond acceptors (Lipinski definition) is 6. The van der Waals surface area contributed by atoms with Crippen molar-refractivity contribution in [3.8, 4) is 0 Å². The van der Waals surface area contributed by atoms with Crippen molar-refractivity contribution in [1.29, 1.82) is 0 Å². The Kier molecular flexibility index (Phi) is 4.01. The molecule has 0 rings (SSSR count). The largest absolute Gasteiger partial charge is 0.278 e. The zero-order valence-corrected chi connectivity index (χ0v) is 8.63. The van der Waals surface area contributed by atoms with E-state index in [2.05, 4.69) is 0 Å². The molecule has 14 heavy (non-hydrogen) atoms. The van der Waals surface area contributed by atoms with E-state index < -0.39 is 24.6 Å². The molecule has 2 amide bonds. The van der Waals surface area contributed by atoms with Crippen LogP contribution in [0.5, 0.6) is 0 Å². The zero-order valence-electron chi connectivity index (χ0n) is 7.00. The molecular formula is C4H8N2O6S2. The molecule has 0 aromatic carbocycles. The highest BCUT2D eigenvalue weighted by molar-refractivity contribution is 8.07. The average molecular weight is 244 g/mol. The molecule has 0 fully saturated rings. The molecule has 0 radical (unpaired) electrons. The van der Waals surface area contributed by atoms with E-state index in [-0.39, 0.29) is 12.8 Å². The summed E-state index contributed by atoms with van der Waals surface area (Å²) in [6, 6.07) is 0. The first-order chi connectivity index (χ1) is 6.28. The fourth-order valence-electron chi connectivity index (χ4n) is 0.493. The molecule has 0 saturated carbocycles. The van der Waals surface area contributed by atoms with Gasteiger partial charge in [0.2, 0.25) is 12.8 Å². The van der Waals surface area contributed by atoms with Crippen LogP contribution in [0, 0.1) is 0 Å². The predicted molar refractivity (Wildman–Crippen MR) is 45.7 cm³/mol. The van der Waals surface area contributed by atoms with Gasteiger partial charge >= 0.3 is 0 Å². The molecule has 0 heterocycles. The highest BCUT2D eigenvalue weighted by Gasteiger charge is 2.32. The van der Waals surface area contributed by atoms with Crippen LogP contribution >= 0.6 is 0 Å². The van der Waals surface area contributed by atoms with Gasteiger partial charge in [0, 0.05) is 0 Å². The Labute approximate surface area is 80.8 Å². The van der Waals surface area contributed by atoms with Crippen molar-refractivity contribution in [2.75, 3.05) is 0 Å². The monoisotopic (exact) mass is 244 g/mol. The topological polar surface area (TPSA) is 126 Å². The standard InChI is InChI=1S/C4H8N2O6S2/c1-4(13(9,10)5-2-7)14(11,12)6-3-8/h2-4H,1H3,(H,5,7)(H,6,8). The molecule has 10 heteroatoms. The van der Waals surface area contributed by atoms with Crippen LogP contribution in [0.15, 0.2) is 0 Å². The Morgan fingerprint density at radius 1 is 0.929 bits per heavy atom. The summed E-state index contributed by atoms with van der Waals surface area (Å²) in [5, 5.41) is 0. The minimum Gasteiger partial charge on any atom is -0.278 e. The third kappa shape index (κ3) is 2.96. The summed E-state index contributed by atoms with van der Waals surface area (Å²) in [7, 11) is -8.64. The Hall–Kier alpha value is -1.16. The summed E-state index contributed by atoms with van der Waals surface area (Å²) in [4.78, 5) is 19.7. The third-order valence-electron chi connectivity index (χ3n) is 1.30. The number of carbonyl (C=O) groups is 2. The Balaban J connectivity index is 5.05. The summed E-state index contributed by atoms with van der Waals surface area (Å²) < 4.78 is 44.6. The zero-order chi connectivity index (χ0) is 11.4. The molecule has 0 atom stereocenters. The molecule has 0 aromatic heterocycles. The lowest BCUT2D eigenvalue weighted by atomic mass is 11.0. The second-order valence-electron chi connectivity index (χ2n) is 2.13. The lowest BCUT2D eigenvalue weighted by molar-refractivity contribution is -0.108. The highest BCUT2D eigenvalue weighted by Crippen LogP contribution is 2.04.